The molecule has 134 valence electrons. The van der Waals surface area contributed by atoms with Crippen molar-refractivity contribution in [2.75, 3.05) is 11.6 Å². The van der Waals surface area contributed by atoms with Crippen molar-refractivity contribution in [2.24, 2.45) is 0 Å². The van der Waals surface area contributed by atoms with Crippen LogP contribution >= 0.6 is 0 Å². The first-order valence-electron chi connectivity index (χ1n) is 9.52. The zero-order valence-electron chi connectivity index (χ0n) is 15.7. The van der Waals surface area contributed by atoms with Gasteiger partial charge in [-0.1, -0.05) is 42.5 Å². The van der Waals surface area contributed by atoms with Crippen LogP contribution in [0.2, 0.25) is 0 Å². The Labute approximate surface area is 159 Å². The molecule has 1 aliphatic heterocycles. The highest BCUT2D eigenvalue weighted by molar-refractivity contribution is 6.10. The summed E-state index contributed by atoms with van der Waals surface area (Å²) in [7, 11) is 0. The van der Waals surface area contributed by atoms with Gasteiger partial charge in [-0.25, -0.2) is 0 Å². The Kier molecular flexibility index (Phi) is 3.68. The molecule has 0 aliphatic carbocycles. The molecule has 0 spiro atoms. The van der Waals surface area contributed by atoms with Crippen LogP contribution in [0.15, 0.2) is 85.2 Å². The molecule has 0 unspecified atom stereocenters. The maximum absolute atomic E-state index is 2.37. The first-order chi connectivity index (χ1) is 13.2. The minimum atomic E-state index is 0.505. The number of rotatable bonds is 3. The normalized spacial score (nSPS) is 14.2. The number of fused-ring (bicyclic) bond motifs is 3. The van der Waals surface area contributed by atoms with Crippen LogP contribution in [0.3, 0.4) is 0 Å². The molecule has 0 bridgehead atoms. The fraction of sp³-hybridized carbons (Fsp3) is 0.167. The number of hydrogen-bond acceptors (Lipinski definition) is 2. The van der Waals surface area contributed by atoms with Gasteiger partial charge in [-0.2, -0.15) is 0 Å². The third-order valence-electron chi connectivity index (χ3n) is 5.42. The van der Waals surface area contributed by atoms with Crippen LogP contribution in [0.5, 0.6) is 0 Å². The van der Waals surface area contributed by atoms with E-state index in [0.29, 0.717) is 6.04 Å². The van der Waals surface area contributed by atoms with Crippen molar-refractivity contribution in [3.05, 3.63) is 85.2 Å². The predicted octanol–water partition coefficient (Wildman–Crippen LogP) is 5.74. The number of nitrogens with zero attached hydrogens (tertiary/aromatic N) is 3. The number of benzene rings is 3. The van der Waals surface area contributed by atoms with E-state index in [1.54, 1.807) is 0 Å². The molecular weight excluding hydrogens is 330 g/mol. The molecule has 0 atom stereocenters. The van der Waals surface area contributed by atoms with Gasteiger partial charge in [0.2, 0.25) is 0 Å². The van der Waals surface area contributed by atoms with Gasteiger partial charge in [0.15, 0.2) is 0 Å². The van der Waals surface area contributed by atoms with Gasteiger partial charge in [0.1, 0.15) is 0 Å². The van der Waals surface area contributed by atoms with Gasteiger partial charge in [-0.15, -0.1) is 0 Å². The maximum atomic E-state index is 2.37. The van der Waals surface area contributed by atoms with E-state index in [4.69, 9.17) is 0 Å². The Morgan fingerprint density at radius 2 is 1.44 bits per heavy atom. The summed E-state index contributed by atoms with van der Waals surface area (Å²) in [5.74, 6) is 0. The van der Waals surface area contributed by atoms with E-state index < -0.39 is 0 Å². The molecular formula is C24H23N3. The van der Waals surface area contributed by atoms with Crippen molar-refractivity contribution in [1.29, 1.82) is 0 Å². The average Bonchev–Trinajstić information content (AvgIpc) is 3.31. The van der Waals surface area contributed by atoms with E-state index in [-0.39, 0.29) is 0 Å². The summed E-state index contributed by atoms with van der Waals surface area (Å²) in [6, 6.07) is 26.6. The molecule has 3 heteroatoms. The minimum absolute atomic E-state index is 0.505. The first-order valence-corrected chi connectivity index (χ1v) is 9.52. The molecule has 1 aromatic heterocycles. The Balaban J connectivity index is 1.71. The Morgan fingerprint density at radius 1 is 0.704 bits per heavy atom. The zero-order valence-corrected chi connectivity index (χ0v) is 15.7. The van der Waals surface area contributed by atoms with Crippen molar-refractivity contribution < 1.29 is 0 Å². The fourth-order valence-electron chi connectivity index (χ4n) is 3.93. The number of aromatic nitrogens is 1. The van der Waals surface area contributed by atoms with Gasteiger partial charge >= 0.3 is 0 Å². The summed E-state index contributed by atoms with van der Waals surface area (Å²) in [4.78, 5) is 4.66. The molecule has 3 nitrogen and oxygen atoms in total. The second-order valence-electron chi connectivity index (χ2n) is 7.41. The summed E-state index contributed by atoms with van der Waals surface area (Å²) in [6.07, 6.45) is 4.36. The molecule has 0 saturated carbocycles. The Morgan fingerprint density at radius 3 is 2.22 bits per heavy atom. The van der Waals surface area contributed by atoms with Gasteiger partial charge in [0.05, 0.1) is 17.7 Å². The molecule has 0 fully saturated rings. The minimum Gasteiger partial charge on any atom is -0.356 e. The molecule has 2 heterocycles. The van der Waals surface area contributed by atoms with Crippen LogP contribution in [0.1, 0.15) is 13.8 Å². The lowest BCUT2D eigenvalue weighted by molar-refractivity contribution is 0.336. The highest BCUT2D eigenvalue weighted by Crippen LogP contribution is 2.34. The standard InChI is InChI=1S/C24H23N3/c1-18(2)25-14-15-26(17-25)20-12-13-22-21-10-6-7-11-23(21)27(24(22)16-20)19-8-4-3-5-9-19/h3-16,18H,17H2,1-2H3. The molecule has 0 N–H and O–H groups in total. The van der Waals surface area contributed by atoms with E-state index in [1.807, 2.05) is 0 Å². The number of para-hydroxylation sites is 2. The topological polar surface area (TPSA) is 11.4 Å². The van der Waals surface area contributed by atoms with Crippen molar-refractivity contribution in [2.45, 2.75) is 19.9 Å². The zero-order chi connectivity index (χ0) is 18.4. The smallest absolute Gasteiger partial charge is 0.0944 e. The molecule has 0 saturated heterocycles. The SMILES string of the molecule is CC(C)N1C=CN(c2ccc3c4ccccc4n(-c4ccccc4)c3c2)C1. The van der Waals surface area contributed by atoms with Gasteiger partial charge in [-0.05, 0) is 44.2 Å². The monoisotopic (exact) mass is 353 g/mol. The van der Waals surface area contributed by atoms with E-state index in [2.05, 4.69) is 113 Å². The third-order valence-corrected chi connectivity index (χ3v) is 5.42. The number of hydrogen-bond donors (Lipinski definition) is 0. The molecule has 0 radical (unpaired) electrons. The van der Waals surface area contributed by atoms with Gasteiger partial charge in [0, 0.05) is 40.6 Å². The Hall–Kier alpha value is -3.20. The molecule has 3 aromatic carbocycles. The average molecular weight is 353 g/mol. The van der Waals surface area contributed by atoms with Gasteiger partial charge < -0.3 is 14.4 Å². The van der Waals surface area contributed by atoms with E-state index in [1.165, 1.54) is 33.2 Å². The summed E-state index contributed by atoms with van der Waals surface area (Å²) in [5.41, 5.74) is 4.91. The lowest BCUT2D eigenvalue weighted by Gasteiger charge is -2.24. The van der Waals surface area contributed by atoms with E-state index in [0.717, 1.165) is 6.67 Å². The van der Waals surface area contributed by atoms with Crippen LogP contribution in [0.4, 0.5) is 5.69 Å². The molecule has 1 aliphatic rings. The lowest BCUT2D eigenvalue weighted by Crippen LogP contribution is -2.30. The third kappa shape index (κ3) is 2.58. The van der Waals surface area contributed by atoms with Crippen molar-refractivity contribution in [3.63, 3.8) is 0 Å². The van der Waals surface area contributed by atoms with E-state index in [9.17, 15) is 0 Å². The molecule has 27 heavy (non-hydrogen) atoms. The van der Waals surface area contributed by atoms with Crippen molar-refractivity contribution >= 4 is 27.5 Å². The van der Waals surface area contributed by atoms with Gasteiger partial charge in [0.25, 0.3) is 0 Å². The molecule has 4 aromatic rings. The second-order valence-corrected chi connectivity index (χ2v) is 7.41. The van der Waals surface area contributed by atoms with Crippen LogP contribution < -0.4 is 4.90 Å². The molecule has 5 rings (SSSR count). The largest absolute Gasteiger partial charge is 0.356 e. The van der Waals surface area contributed by atoms with Crippen LogP contribution in [0.25, 0.3) is 27.5 Å². The first kappa shape index (κ1) is 16.0. The maximum Gasteiger partial charge on any atom is 0.0944 e. The highest BCUT2D eigenvalue weighted by atomic mass is 15.3. The number of anilines is 1. The summed E-state index contributed by atoms with van der Waals surface area (Å²) in [5, 5.41) is 2.59. The van der Waals surface area contributed by atoms with Crippen LogP contribution in [-0.2, 0) is 0 Å². The quantitative estimate of drug-likeness (QED) is 0.465. The predicted molar refractivity (Wildman–Crippen MR) is 114 cm³/mol. The summed E-state index contributed by atoms with van der Waals surface area (Å²) < 4.78 is 2.37. The van der Waals surface area contributed by atoms with E-state index >= 15 is 0 Å². The lowest BCUT2D eigenvalue weighted by atomic mass is 10.1. The fourth-order valence-corrected chi connectivity index (χ4v) is 3.93. The molecule has 0 amide bonds. The Bertz CT molecular complexity index is 1140. The van der Waals surface area contributed by atoms with Crippen molar-refractivity contribution in [3.8, 4) is 5.69 Å². The summed E-state index contributed by atoms with van der Waals surface area (Å²) in [6.45, 7) is 5.35. The van der Waals surface area contributed by atoms with Crippen LogP contribution in [-0.4, -0.2) is 22.2 Å². The van der Waals surface area contributed by atoms with Crippen molar-refractivity contribution in [1.82, 2.24) is 9.47 Å². The second kappa shape index (κ2) is 6.20. The van der Waals surface area contributed by atoms with Gasteiger partial charge in [-0.3, -0.25) is 0 Å². The van der Waals surface area contributed by atoms with Crippen LogP contribution in [0, 0.1) is 0 Å². The highest BCUT2D eigenvalue weighted by Gasteiger charge is 2.18. The summed E-state index contributed by atoms with van der Waals surface area (Å²) >= 11 is 0.